The van der Waals surface area contributed by atoms with Gasteiger partial charge >= 0.3 is 5.97 Å². The van der Waals surface area contributed by atoms with E-state index < -0.39 is 5.97 Å². The van der Waals surface area contributed by atoms with Crippen molar-refractivity contribution in [2.45, 2.75) is 32.7 Å². The summed E-state index contributed by atoms with van der Waals surface area (Å²) in [6.45, 7) is 3.89. The first-order valence-corrected chi connectivity index (χ1v) is 8.68. The molecule has 6 nitrogen and oxygen atoms in total. The van der Waals surface area contributed by atoms with Gasteiger partial charge in [-0.25, -0.2) is 9.78 Å². The zero-order valence-corrected chi connectivity index (χ0v) is 15.2. The minimum absolute atomic E-state index is 0.0202. The monoisotopic (exact) mass is 354 g/mol. The molecule has 0 radical (unpaired) electrons. The van der Waals surface area contributed by atoms with Gasteiger partial charge in [-0.3, -0.25) is 9.36 Å². The first-order chi connectivity index (χ1) is 12.5. The molecule has 0 aliphatic carbocycles. The maximum Gasteiger partial charge on any atom is 0.345 e. The molecule has 1 aromatic heterocycles. The molecule has 1 atom stereocenters. The third kappa shape index (κ3) is 3.40. The number of ether oxygens (including phenoxy) is 2. The summed E-state index contributed by atoms with van der Waals surface area (Å²) in [7, 11) is 1.63. The number of rotatable bonds is 4. The number of fused-ring (bicyclic) bond motifs is 1. The maximum atomic E-state index is 12.8. The molecule has 0 N–H and O–H groups in total. The lowest BCUT2D eigenvalue weighted by Gasteiger charge is -2.26. The third-order valence-electron chi connectivity index (χ3n) is 4.50. The Kier molecular flexibility index (Phi) is 5.21. The van der Waals surface area contributed by atoms with E-state index in [1.54, 1.807) is 18.6 Å². The lowest BCUT2D eigenvalue weighted by Crippen LogP contribution is -2.34. The highest BCUT2D eigenvalue weighted by atomic mass is 16.5. The topological polar surface area (TPSA) is 70.4 Å². The Morgan fingerprint density at radius 2 is 2.08 bits per heavy atom. The minimum atomic E-state index is -0.626. The fourth-order valence-electron chi connectivity index (χ4n) is 3.11. The van der Waals surface area contributed by atoms with Crippen LogP contribution in [-0.4, -0.2) is 29.2 Å². The molecule has 2 aromatic rings. The molecule has 1 aliphatic rings. The number of hydrogen-bond donors (Lipinski definition) is 0. The molecule has 1 aliphatic heterocycles. The second-order valence-corrected chi connectivity index (χ2v) is 6.22. The van der Waals surface area contributed by atoms with Gasteiger partial charge in [-0.15, -0.1) is 0 Å². The SMILES string of the molecule is CCOC(=O)c1cnc2n(c1=O)C(C)CC/C2=C\c1ccc(OC)cc1. The second-order valence-electron chi connectivity index (χ2n) is 6.22. The Labute approximate surface area is 152 Å². The number of benzene rings is 1. The van der Waals surface area contributed by atoms with Gasteiger partial charge in [-0.1, -0.05) is 12.1 Å². The molecule has 3 rings (SSSR count). The molecule has 0 bridgehead atoms. The molecule has 0 saturated heterocycles. The summed E-state index contributed by atoms with van der Waals surface area (Å²) in [6.07, 6.45) is 4.97. The number of hydrogen-bond acceptors (Lipinski definition) is 5. The summed E-state index contributed by atoms with van der Waals surface area (Å²) in [5.74, 6) is 0.773. The van der Waals surface area contributed by atoms with Crippen LogP contribution in [0.2, 0.25) is 0 Å². The van der Waals surface area contributed by atoms with Crippen molar-refractivity contribution >= 4 is 17.6 Å². The summed E-state index contributed by atoms with van der Waals surface area (Å²) < 4.78 is 11.7. The van der Waals surface area contributed by atoms with Crippen molar-refractivity contribution in [1.82, 2.24) is 9.55 Å². The van der Waals surface area contributed by atoms with Crippen molar-refractivity contribution in [3.63, 3.8) is 0 Å². The van der Waals surface area contributed by atoms with Gasteiger partial charge in [0, 0.05) is 12.2 Å². The molecule has 136 valence electrons. The fourth-order valence-corrected chi connectivity index (χ4v) is 3.11. The van der Waals surface area contributed by atoms with Crippen molar-refractivity contribution in [2.75, 3.05) is 13.7 Å². The van der Waals surface area contributed by atoms with Crippen LogP contribution in [0.15, 0.2) is 35.3 Å². The van der Waals surface area contributed by atoms with Crippen molar-refractivity contribution in [3.05, 3.63) is 57.8 Å². The van der Waals surface area contributed by atoms with Crippen LogP contribution >= 0.6 is 0 Å². The fraction of sp³-hybridized carbons (Fsp3) is 0.350. The van der Waals surface area contributed by atoms with Crippen LogP contribution in [0.5, 0.6) is 5.75 Å². The van der Waals surface area contributed by atoms with E-state index in [2.05, 4.69) is 4.98 Å². The molecule has 26 heavy (non-hydrogen) atoms. The summed E-state index contributed by atoms with van der Waals surface area (Å²) in [5.41, 5.74) is 1.61. The Morgan fingerprint density at radius 3 is 2.73 bits per heavy atom. The number of carbonyl (C=O) groups excluding carboxylic acids is 1. The predicted molar refractivity (Wildman–Crippen MR) is 99.3 cm³/mol. The van der Waals surface area contributed by atoms with Crippen LogP contribution in [0.4, 0.5) is 0 Å². The average molecular weight is 354 g/mol. The average Bonchev–Trinajstić information content (AvgIpc) is 2.64. The lowest BCUT2D eigenvalue weighted by molar-refractivity contribution is 0.0522. The van der Waals surface area contributed by atoms with E-state index >= 15 is 0 Å². The number of carbonyl (C=O) groups is 1. The number of esters is 1. The molecule has 0 spiro atoms. The smallest absolute Gasteiger partial charge is 0.345 e. The van der Waals surface area contributed by atoms with E-state index in [9.17, 15) is 9.59 Å². The molecular weight excluding hydrogens is 332 g/mol. The highest BCUT2D eigenvalue weighted by molar-refractivity contribution is 5.89. The Bertz CT molecular complexity index is 897. The summed E-state index contributed by atoms with van der Waals surface area (Å²) in [4.78, 5) is 29.2. The summed E-state index contributed by atoms with van der Waals surface area (Å²) in [5, 5.41) is 0. The van der Waals surface area contributed by atoms with Gasteiger partial charge in [-0.2, -0.15) is 0 Å². The highest BCUT2D eigenvalue weighted by Gasteiger charge is 2.25. The van der Waals surface area contributed by atoms with E-state index in [0.29, 0.717) is 5.82 Å². The van der Waals surface area contributed by atoms with Gasteiger partial charge in [0.05, 0.1) is 13.7 Å². The van der Waals surface area contributed by atoms with Gasteiger partial charge in [0.2, 0.25) is 0 Å². The normalized spacial score (nSPS) is 17.7. The van der Waals surface area contributed by atoms with Crippen LogP contribution in [0.25, 0.3) is 11.6 Å². The number of aromatic nitrogens is 2. The van der Waals surface area contributed by atoms with E-state index in [1.807, 2.05) is 37.3 Å². The van der Waals surface area contributed by atoms with Gasteiger partial charge in [0.15, 0.2) is 0 Å². The molecule has 6 heteroatoms. The summed E-state index contributed by atoms with van der Waals surface area (Å²) in [6, 6.07) is 7.68. The molecule has 0 fully saturated rings. The van der Waals surface area contributed by atoms with Gasteiger partial charge in [0.25, 0.3) is 5.56 Å². The first kappa shape index (κ1) is 17.9. The Balaban J connectivity index is 2.04. The summed E-state index contributed by atoms with van der Waals surface area (Å²) >= 11 is 0. The Morgan fingerprint density at radius 1 is 1.35 bits per heavy atom. The van der Waals surface area contributed by atoms with E-state index in [0.717, 1.165) is 29.7 Å². The van der Waals surface area contributed by atoms with E-state index in [-0.39, 0.29) is 23.8 Å². The molecule has 0 amide bonds. The largest absolute Gasteiger partial charge is 0.497 e. The molecule has 1 unspecified atom stereocenters. The van der Waals surface area contributed by atoms with Crippen molar-refractivity contribution < 1.29 is 14.3 Å². The highest BCUT2D eigenvalue weighted by Crippen LogP contribution is 2.31. The maximum absolute atomic E-state index is 12.8. The molecular formula is C20H22N2O4. The van der Waals surface area contributed by atoms with Gasteiger partial charge in [-0.05, 0) is 56.0 Å². The van der Waals surface area contributed by atoms with Crippen LogP contribution in [0.3, 0.4) is 0 Å². The van der Waals surface area contributed by atoms with Gasteiger partial charge in [0.1, 0.15) is 17.1 Å². The van der Waals surface area contributed by atoms with Crippen LogP contribution in [0.1, 0.15) is 54.5 Å². The third-order valence-corrected chi connectivity index (χ3v) is 4.50. The predicted octanol–water partition coefficient (Wildman–Crippen LogP) is 3.32. The van der Waals surface area contributed by atoms with Gasteiger partial charge < -0.3 is 9.47 Å². The number of nitrogens with zero attached hydrogens (tertiary/aromatic N) is 2. The zero-order valence-electron chi connectivity index (χ0n) is 15.2. The van der Waals surface area contributed by atoms with E-state index in [4.69, 9.17) is 9.47 Å². The lowest BCUT2D eigenvalue weighted by atomic mass is 9.97. The van der Waals surface area contributed by atoms with Crippen molar-refractivity contribution in [3.8, 4) is 5.75 Å². The van der Waals surface area contributed by atoms with Crippen LogP contribution in [-0.2, 0) is 4.74 Å². The number of methoxy groups -OCH3 is 1. The Hall–Kier alpha value is -2.89. The second kappa shape index (κ2) is 7.56. The molecule has 0 saturated carbocycles. The zero-order chi connectivity index (χ0) is 18.7. The van der Waals surface area contributed by atoms with Crippen molar-refractivity contribution in [2.24, 2.45) is 0 Å². The van der Waals surface area contributed by atoms with Crippen LogP contribution in [0, 0.1) is 0 Å². The minimum Gasteiger partial charge on any atom is -0.497 e. The quantitative estimate of drug-likeness (QED) is 0.788. The number of allylic oxidation sites excluding steroid dienone is 1. The van der Waals surface area contributed by atoms with Crippen LogP contribution < -0.4 is 10.3 Å². The first-order valence-electron chi connectivity index (χ1n) is 8.68. The standard InChI is InChI=1S/C20H22N2O4/c1-4-26-20(24)17-12-21-18-15(8-5-13(2)22(18)19(17)23)11-14-6-9-16(25-3)10-7-14/h6-7,9-13H,4-5,8H2,1-3H3/b15-11+. The molecule has 1 aromatic carbocycles. The molecule has 2 heterocycles. The van der Waals surface area contributed by atoms with E-state index in [1.165, 1.54) is 6.20 Å². The van der Waals surface area contributed by atoms with Crippen molar-refractivity contribution in [1.29, 1.82) is 0 Å².